The Morgan fingerprint density at radius 1 is 1.21 bits per heavy atom. The van der Waals surface area contributed by atoms with E-state index >= 15 is 0 Å². The molecule has 5 rings (SSSR count). The highest BCUT2D eigenvalue weighted by atomic mass is 16.5. The smallest absolute Gasteiger partial charge is 0.336 e. The highest BCUT2D eigenvalue weighted by molar-refractivity contribution is 5.90. The van der Waals surface area contributed by atoms with Crippen molar-refractivity contribution in [1.29, 1.82) is 0 Å². The van der Waals surface area contributed by atoms with E-state index in [0.717, 1.165) is 38.0 Å². The minimum absolute atomic E-state index is 0.0422. The van der Waals surface area contributed by atoms with Crippen LogP contribution in [0.3, 0.4) is 0 Å². The van der Waals surface area contributed by atoms with Crippen molar-refractivity contribution in [1.82, 2.24) is 10.2 Å². The van der Waals surface area contributed by atoms with Crippen molar-refractivity contribution >= 4 is 11.9 Å². The number of hydrogen-bond donors (Lipinski definition) is 1. The predicted octanol–water partition coefficient (Wildman–Crippen LogP) is 1.82. The average Bonchev–Trinajstić information content (AvgIpc) is 2.63. The van der Waals surface area contributed by atoms with Crippen molar-refractivity contribution in [2.75, 3.05) is 19.6 Å². The number of ether oxygens (including phenoxy) is 1. The first-order chi connectivity index (χ1) is 11.7. The van der Waals surface area contributed by atoms with E-state index in [1.807, 2.05) is 30.3 Å². The van der Waals surface area contributed by atoms with Crippen LogP contribution in [-0.4, -0.2) is 42.5 Å². The van der Waals surface area contributed by atoms with Gasteiger partial charge in [0.1, 0.15) is 6.10 Å². The van der Waals surface area contributed by atoms with Gasteiger partial charge in [-0.05, 0) is 50.3 Å². The Morgan fingerprint density at radius 3 is 2.58 bits per heavy atom. The van der Waals surface area contributed by atoms with Crippen molar-refractivity contribution in [2.45, 2.75) is 43.7 Å². The molecule has 4 saturated heterocycles. The van der Waals surface area contributed by atoms with Gasteiger partial charge in [0.05, 0.1) is 0 Å². The van der Waals surface area contributed by atoms with Crippen LogP contribution in [0.15, 0.2) is 30.3 Å². The number of benzene rings is 1. The number of esters is 1. The molecule has 0 spiro atoms. The zero-order valence-electron chi connectivity index (χ0n) is 13.9. The molecule has 0 radical (unpaired) electrons. The molecule has 1 aromatic rings. The van der Waals surface area contributed by atoms with Crippen LogP contribution in [0, 0.1) is 5.92 Å². The zero-order chi connectivity index (χ0) is 16.6. The van der Waals surface area contributed by atoms with E-state index in [4.69, 9.17) is 4.74 Å². The maximum atomic E-state index is 13.2. The molecular formula is C19H24N2O3. The molecule has 5 heteroatoms. The van der Waals surface area contributed by atoms with Gasteiger partial charge in [-0.2, -0.15) is 0 Å². The number of rotatable bonds is 3. The first-order valence-electron chi connectivity index (χ1n) is 8.97. The molecule has 1 N–H and O–H groups in total. The molecule has 128 valence electrons. The van der Waals surface area contributed by atoms with E-state index in [1.165, 1.54) is 0 Å². The maximum absolute atomic E-state index is 13.2. The summed E-state index contributed by atoms with van der Waals surface area (Å²) in [6, 6.07) is 9.53. The number of amides is 1. The molecular weight excluding hydrogens is 304 g/mol. The molecule has 0 saturated carbocycles. The molecule has 1 aromatic carbocycles. The highest BCUT2D eigenvalue weighted by Crippen LogP contribution is 2.35. The molecule has 2 atom stereocenters. The standard InChI is InChI=1S/C19H24N2O3/c22-17-7-4-10-19(20-17,15-5-2-1-3-6-15)18(23)24-16-13-21-11-8-14(16)9-12-21/h1-3,5-6,14,16H,4,7-13H2,(H,20,22)/t16-,19?/m1/s1. The van der Waals surface area contributed by atoms with Crippen LogP contribution in [0.4, 0.5) is 0 Å². The predicted molar refractivity (Wildman–Crippen MR) is 89.2 cm³/mol. The van der Waals surface area contributed by atoms with Crippen molar-refractivity contribution in [3.8, 4) is 0 Å². The highest BCUT2D eigenvalue weighted by Gasteiger charge is 2.47. The van der Waals surface area contributed by atoms with Gasteiger partial charge >= 0.3 is 5.97 Å². The summed E-state index contributed by atoms with van der Waals surface area (Å²) in [6.07, 6.45) is 3.94. The number of hydrogen-bond acceptors (Lipinski definition) is 4. The summed E-state index contributed by atoms with van der Waals surface area (Å²) in [5, 5.41) is 2.95. The van der Waals surface area contributed by atoms with Crippen LogP contribution in [0.25, 0.3) is 0 Å². The van der Waals surface area contributed by atoms with E-state index in [9.17, 15) is 9.59 Å². The molecule has 0 aromatic heterocycles. The summed E-state index contributed by atoms with van der Waals surface area (Å²) in [6.45, 7) is 3.05. The second-order valence-corrected chi connectivity index (χ2v) is 7.25. The Balaban J connectivity index is 1.59. The average molecular weight is 328 g/mol. The Morgan fingerprint density at radius 2 is 1.96 bits per heavy atom. The van der Waals surface area contributed by atoms with E-state index in [0.29, 0.717) is 25.2 Å². The summed E-state index contributed by atoms with van der Waals surface area (Å²) in [7, 11) is 0. The van der Waals surface area contributed by atoms with Gasteiger partial charge < -0.3 is 10.1 Å². The SMILES string of the molecule is O=C1CCCC(C(=O)O[C@@H]2CN3CCC2CC3)(c2ccccc2)N1. The lowest BCUT2D eigenvalue weighted by molar-refractivity contribution is -0.170. The van der Waals surface area contributed by atoms with Gasteiger partial charge in [-0.3, -0.25) is 9.69 Å². The molecule has 5 nitrogen and oxygen atoms in total. The quantitative estimate of drug-likeness (QED) is 0.860. The fourth-order valence-corrected chi connectivity index (χ4v) is 4.37. The Kier molecular flexibility index (Phi) is 4.04. The van der Waals surface area contributed by atoms with Gasteiger partial charge in [-0.1, -0.05) is 30.3 Å². The molecule has 24 heavy (non-hydrogen) atoms. The second kappa shape index (κ2) is 6.20. The third-order valence-electron chi connectivity index (χ3n) is 5.78. The molecule has 4 heterocycles. The normalized spacial score (nSPS) is 35.3. The van der Waals surface area contributed by atoms with Crippen LogP contribution in [-0.2, 0) is 19.9 Å². The Bertz CT molecular complexity index is 625. The Hall–Kier alpha value is -1.88. The molecule has 1 amide bonds. The van der Waals surface area contributed by atoms with Crippen molar-refractivity contribution in [3.63, 3.8) is 0 Å². The fraction of sp³-hybridized carbons (Fsp3) is 0.579. The van der Waals surface area contributed by atoms with Crippen LogP contribution in [0.5, 0.6) is 0 Å². The first kappa shape index (κ1) is 15.6. The molecule has 4 aliphatic heterocycles. The minimum Gasteiger partial charge on any atom is -0.459 e. The van der Waals surface area contributed by atoms with E-state index in [2.05, 4.69) is 10.2 Å². The van der Waals surface area contributed by atoms with Crippen LogP contribution in [0.1, 0.15) is 37.7 Å². The number of carbonyl (C=O) groups excluding carboxylic acids is 2. The topological polar surface area (TPSA) is 58.6 Å². The fourth-order valence-electron chi connectivity index (χ4n) is 4.37. The molecule has 4 fully saturated rings. The van der Waals surface area contributed by atoms with Crippen molar-refractivity contribution in [2.24, 2.45) is 5.92 Å². The summed E-state index contributed by atoms with van der Waals surface area (Å²) < 4.78 is 5.98. The number of fused-ring (bicyclic) bond motifs is 3. The summed E-state index contributed by atoms with van der Waals surface area (Å²) in [5.41, 5.74) is -0.202. The third-order valence-corrected chi connectivity index (χ3v) is 5.78. The van der Waals surface area contributed by atoms with Gasteiger partial charge in [0.2, 0.25) is 5.91 Å². The third kappa shape index (κ3) is 2.71. The van der Waals surface area contributed by atoms with Gasteiger partial charge in [-0.25, -0.2) is 4.79 Å². The zero-order valence-corrected chi connectivity index (χ0v) is 13.9. The van der Waals surface area contributed by atoms with Crippen LogP contribution < -0.4 is 5.32 Å². The summed E-state index contributed by atoms with van der Waals surface area (Å²) in [5.74, 6) is 0.0996. The summed E-state index contributed by atoms with van der Waals surface area (Å²) >= 11 is 0. The van der Waals surface area contributed by atoms with Gasteiger partial charge in [0.15, 0.2) is 5.54 Å². The van der Waals surface area contributed by atoms with Gasteiger partial charge in [0.25, 0.3) is 0 Å². The van der Waals surface area contributed by atoms with Crippen LogP contribution >= 0.6 is 0 Å². The molecule has 2 bridgehead atoms. The molecule has 4 aliphatic rings. The number of carbonyl (C=O) groups is 2. The second-order valence-electron chi connectivity index (χ2n) is 7.25. The van der Waals surface area contributed by atoms with Crippen molar-refractivity contribution in [3.05, 3.63) is 35.9 Å². The van der Waals surface area contributed by atoms with Gasteiger partial charge in [-0.15, -0.1) is 0 Å². The van der Waals surface area contributed by atoms with E-state index in [1.54, 1.807) is 0 Å². The lowest BCUT2D eigenvalue weighted by Crippen LogP contribution is -2.58. The molecule has 0 aliphatic carbocycles. The lowest BCUT2D eigenvalue weighted by atomic mass is 9.81. The van der Waals surface area contributed by atoms with Crippen molar-refractivity contribution < 1.29 is 14.3 Å². The summed E-state index contributed by atoms with van der Waals surface area (Å²) in [4.78, 5) is 27.6. The monoisotopic (exact) mass is 328 g/mol. The number of piperidine rings is 4. The lowest BCUT2D eigenvalue weighted by Gasteiger charge is -2.45. The number of nitrogens with one attached hydrogen (secondary N) is 1. The largest absolute Gasteiger partial charge is 0.459 e. The van der Waals surface area contributed by atoms with E-state index < -0.39 is 5.54 Å². The molecule has 1 unspecified atom stereocenters. The minimum atomic E-state index is -1.03. The first-order valence-corrected chi connectivity index (χ1v) is 8.97. The number of nitrogens with zero attached hydrogens (tertiary/aromatic N) is 1. The van der Waals surface area contributed by atoms with Crippen LogP contribution in [0.2, 0.25) is 0 Å². The van der Waals surface area contributed by atoms with Gasteiger partial charge in [0, 0.05) is 13.0 Å². The maximum Gasteiger partial charge on any atom is 0.336 e. The van der Waals surface area contributed by atoms with E-state index in [-0.39, 0.29) is 18.0 Å². The Labute approximate surface area is 142 Å².